The quantitative estimate of drug-likeness (QED) is 0.547. The fourth-order valence-corrected chi connectivity index (χ4v) is 1.81. The molecule has 0 bridgehead atoms. The molecule has 1 atom stereocenters. The van der Waals surface area contributed by atoms with Gasteiger partial charge in [0.15, 0.2) is 0 Å². The van der Waals surface area contributed by atoms with Gasteiger partial charge in [-0.25, -0.2) is 4.79 Å². The zero-order valence-electron chi connectivity index (χ0n) is 12.0. The summed E-state index contributed by atoms with van der Waals surface area (Å²) in [4.78, 5) is 23.5. The van der Waals surface area contributed by atoms with E-state index in [0.717, 1.165) is 18.5 Å². The van der Waals surface area contributed by atoms with Crippen molar-refractivity contribution >= 4 is 11.9 Å². The third-order valence-electron chi connectivity index (χ3n) is 2.82. The standard InChI is InChI=1S/C15H22N2O3/c1-3-9-16-11-14(18)17-13(15(19)20-2)10-12-7-5-4-6-8-12/h4-8,13,16H,3,9-11H2,1-2H3,(H,17,18). The number of nitrogens with one attached hydrogen (secondary N) is 2. The van der Waals surface area contributed by atoms with E-state index >= 15 is 0 Å². The van der Waals surface area contributed by atoms with E-state index in [-0.39, 0.29) is 12.5 Å². The average molecular weight is 278 g/mol. The SMILES string of the molecule is CCCNCC(=O)NC(Cc1ccccc1)C(=O)OC. The summed E-state index contributed by atoms with van der Waals surface area (Å²) in [6, 6.07) is 8.87. The molecular weight excluding hydrogens is 256 g/mol. The Kier molecular flexibility index (Phi) is 7.35. The number of methoxy groups -OCH3 is 1. The zero-order chi connectivity index (χ0) is 14.8. The maximum absolute atomic E-state index is 11.8. The van der Waals surface area contributed by atoms with Crippen LogP contribution in [0.5, 0.6) is 0 Å². The largest absolute Gasteiger partial charge is 0.467 e. The van der Waals surface area contributed by atoms with Gasteiger partial charge in [0.1, 0.15) is 6.04 Å². The minimum atomic E-state index is -0.654. The molecule has 0 spiro atoms. The highest BCUT2D eigenvalue weighted by Gasteiger charge is 2.21. The van der Waals surface area contributed by atoms with Crippen molar-refractivity contribution in [3.05, 3.63) is 35.9 Å². The maximum Gasteiger partial charge on any atom is 0.328 e. The Balaban J connectivity index is 2.56. The number of esters is 1. The number of carbonyl (C=O) groups is 2. The van der Waals surface area contributed by atoms with Gasteiger partial charge in [-0.2, -0.15) is 0 Å². The molecule has 1 amide bonds. The lowest BCUT2D eigenvalue weighted by Gasteiger charge is -2.16. The summed E-state index contributed by atoms with van der Waals surface area (Å²) >= 11 is 0. The Morgan fingerprint density at radius 1 is 1.25 bits per heavy atom. The van der Waals surface area contributed by atoms with Crippen LogP contribution < -0.4 is 10.6 Å². The van der Waals surface area contributed by atoms with Gasteiger partial charge < -0.3 is 15.4 Å². The lowest BCUT2D eigenvalue weighted by atomic mass is 10.1. The topological polar surface area (TPSA) is 67.4 Å². The van der Waals surface area contributed by atoms with E-state index in [1.54, 1.807) is 0 Å². The van der Waals surface area contributed by atoms with Gasteiger partial charge in [-0.3, -0.25) is 4.79 Å². The summed E-state index contributed by atoms with van der Waals surface area (Å²) in [5.74, 6) is -0.637. The van der Waals surface area contributed by atoms with E-state index in [1.807, 2.05) is 37.3 Å². The molecule has 20 heavy (non-hydrogen) atoms. The second-order valence-corrected chi connectivity index (χ2v) is 4.51. The second kappa shape index (κ2) is 9.09. The van der Waals surface area contributed by atoms with Gasteiger partial charge in [0.05, 0.1) is 13.7 Å². The van der Waals surface area contributed by atoms with E-state index in [4.69, 9.17) is 4.74 Å². The zero-order valence-corrected chi connectivity index (χ0v) is 12.0. The molecule has 0 aliphatic carbocycles. The minimum absolute atomic E-state index is 0.204. The first-order chi connectivity index (χ1) is 9.67. The fraction of sp³-hybridized carbons (Fsp3) is 0.467. The van der Waals surface area contributed by atoms with Crippen LogP contribution in [0.15, 0.2) is 30.3 Å². The first-order valence-electron chi connectivity index (χ1n) is 6.79. The van der Waals surface area contributed by atoms with Gasteiger partial charge in [0.2, 0.25) is 5.91 Å². The number of hydrogen-bond donors (Lipinski definition) is 2. The summed E-state index contributed by atoms with van der Waals surface area (Å²) in [5.41, 5.74) is 0.977. The molecule has 0 saturated carbocycles. The van der Waals surface area contributed by atoms with Gasteiger partial charge in [0, 0.05) is 6.42 Å². The molecule has 2 N–H and O–H groups in total. The first kappa shape index (κ1) is 16.2. The van der Waals surface area contributed by atoms with Gasteiger partial charge in [0.25, 0.3) is 0 Å². The lowest BCUT2D eigenvalue weighted by Crippen LogP contribution is -2.46. The average Bonchev–Trinajstić information content (AvgIpc) is 2.47. The van der Waals surface area contributed by atoms with Gasteiger partial charge in [-0.05, 0) is 18.5 Å². The molecule has 0 aliphatic heterocycles. The van der Waals surface area contributed by atoms with E-state index in [2.05, 4.69) is 10.6 Å². The lowest BCUT2D eigenvalue weighted by molar-refractivity contribution is -0.144. The summed E-state index contributed by atoms with van der Waals surface area (Å²) in [6.45, 7) is 3.00. The van der Waals surface area contributed by atoms with Crippen LogP contribution in [0.1, 0.15) is 18.9 Å². The number of rotatable bonds is 8. The number of benzene rings is 1. The highest BCUT2D eigenvalue weighted by molar-refractivity contribution is 5.85. The number of ether oxygens (including phenoxy) is 1. The minimum Gasteiger partial charge on any atom is -0.467 e. The molecule has 1 aromatic rings. The van der Waals surface area contributed by atoms with Crippen LogP contribution in [-0.2, 0) is 20.7 Å². The third-order valence-corrected chi connectivity index (χ3v) is 2.82. The van der Waals surface area contributed by atoms with Crippen LogP contribution in [0, 0.1) is 0 Å². The molecule has 0 saturated heterocycles. The Morgan fingerprint density at radius 2 is 1.95 bits per heavy atom. The summed E-state index contributed by atoms with van der Waals surface area (Å²) < 4.78 is 4.74. The molecule has 0 heterocycles. The molecule has 0 aliphatic rings. The van der Waals surface area contributed by atoms with Gasteiger partial charge >= 0.3 is 5.97 Å². The Labute approximate surface area is 119 Å². The van der Waals surface area contributed by atoms with E-state index < -0.39 is 12.0 Å². The predicted octanol–water partition coefficient (Wildman–Crippen LogP) is 0.886. The van der Waals surface area contributed by atoms with E-state index in [0.29, 0.717) is 6.42 Å². The molecule has 0 fully saturated rings. The van der Waals surface area contributed by atoms with Crippen LogP contribution in [0.3, 0.4) is 0 Å². The van der Waals surface area contributed by atoms with Crippen molar-refractivity contribution in [1.82, 2.24) is 10.6 Å². The van der Waals surface area contributed by atoms with Crippen LogP contribution >= 0.6 is 0 Å². The molecule has 5 heteroatoms. The van der Waals surface area contributed by atoms with Crippen LogP contribution in [0.4, 0.5) is 0 Å². The molecule has 1 rings (SSSR count). The maximum atomic E-state index is 11.8. The number of amides is 1. The first-order valence-corrected chi connectivity index (χ1v) is 6.79. The normalized spacial score (nSPS) is 11.7. The third kappa shape index (κ3) is 5.84. The van der Waals surface area contributed by atoms with Crippen molar-refractivity contribution in [2.75, 3.05) is 20.2 Å². The van der Waals surface area contributed by atoms with Gasteiger partial charge in [-0.15, -0.1) is 0 Å². The summed E-state index contributed by atoms with van der Waals surface area (Å²) in [7, 11) is 1.32. The van der Waals surface area contributed by atoms with Crippen LogP contribution in [0.2, 0.25) is 0 Å². The van der Waals surface area contributed by atoms with E-state index in [9.17, 15) is 9.59 Å². The van der Waals surface area contributed by atoms with Crippen molar-refractivity contribution in [2.45, 2.75) is 25.8 Å². The molecule has 5 nitrogen and oxygen atoms in total. The highest BCUT2D eigenvalue weighted by atomic mass is 16.5. The van der Waals surface area contributed by atoms with Crippen LogP contribution in [0.25, 0.3) is 0 Å². The molecular formula is C15H22N2O3. The van der Waals surface area contributed by atoms with Crippen molar-refractivity contribution in [3.8, 4) is 0 Å². The summed E-state index contributed by atoms with van der Waals surface area (Å²) in [6.07, 6.45) is 1.38. The summed E-state index contributed by atoms with van der Waals surface area (Å²) in [5, 5.41) is 5.70. The predicted molar refractivity (Wildman–Crippen MR) is 77.3 cm³/mol. The van der Waals surface area contributed by atoms with Gasteiger partial charge in [-0.1, -0.05) is 37.3 Å². The molecule has 1 aromatic carbocycles. The molecule has 110 valence electrons. The van der Waals surface area contributed by atoms with Crippen molar-refractivity contribution in [1.29, 1.82) is 0 Å². The Bertz CT molecular complexity index is 420. The monoisotopic (exact) mass is 278 g/mol. The van der Waals surface area contributed by atoms with Crippen LogP contribution in [-0.4, -0.2) is 38.1 Å². The second-order valence-electron chi connectivity index (χ2n) is 4.51. The number of hydrogen-bond acceptors (Lipinski definition) is 4. The number of carbonyl (C=O) groups excluding carboxylic acids is 2. The van der Waals surface area contributed by atoms with E-state index in [1.165, 1.54) is 7.11 Å². The smallest absolute Gasteiger partial charge is 0.328 e. The molecule has 1 unspecified atom stereocenters. The van der Waals surface area contributed by atoms with Crippen molar-refractivity contribution < 1.29 is 14.3 Å². The molecule has 0 aromatic heterocycles. The van der Waals surface area contributed by atoms with Crippen molar-refractivity contribution in [3.63, 3.8) is 0 Å². The van der Waals surface area contributed by atoms with Crippen molar-refractivity contribution in [2.24, 2.45) is 0 Å². The molecule has 0 radical (unpaired) electrons. The highest BCUT2D eigenvalue weighted by Crippen LogP contribution is 2.04. The fourth-order valence-electron chi connectivity index (χ4n) is 1.81. The Morgan fingerprint density at radius 3 is 2.55 bits per heavy atom. The Hall–Kier alpha value is -1.88.